The summed E-state index contributed by atoms with van der Waals surface area (Å²) >= 11 is 0. The van der Waals surface area contributed by atoms with Gasteiger partial charge >= 0.3 is 0 Å². The van der Waals surface area contributed by atoms with Crippen molar-refractivity contribution >= 4 is 45.8 Å². The Kier molecular flexibility index (Phi) is 6.69. The molecule has 1 saturated heterocycles. The lowest BCUT2D eigenvalue weighted by atomic mass is 9.99. The van der Waals surface area contributed by atoms with Crippen molar-refractivity contribution in [1.82, 2.24) is 4.90 Å². The van der Waals surface area contributed by atoms with E-state index in [1.54, 1.807) is 0 Å². The number of nitro groups is 1. The number of carbonyl (C=O) groups excluding carboxylic acids is 2. The summed E-state index contributed by atoms with van der Waals surface area (Å²) in [6.07, 6.45) is 0. The third-order valence-corrected chi connectivity index (χ3v) is 7.21. The van der Waals surface area contributed by atoms with Crippen LogP contribution in [0.15, 0.2) is 72.8 Å². The van der Waals surface area contributed by atoms with Crippen LogP contribution in [-0.2, 0) is 9.59 Å². The highest BCUT2D eigenvalue weighted by Gasteiger charge is 2.38. The van der Waals surface area contributed by atoms with Crippen LogP contribution in [0.25, 0.3) is 11.3 Å². The Morgan fingerprint density at radius 1 is 1.03 bits per heavy atom. The first-order valence-corrected chi connectivity index (χ1v) is 12.5. The molecule has 2 aliphatic heterocycles. The molecule has 5 rings (SSSR count). The van der Waals surface area contributed by atoms with Gasteiger partial charge in [0.2, 0.25) is 5.91 Å². The van der Waals surface area contributed by atoms with E-state index in [-0.39, 0.29) is 16.9 Å². The topological polar surface area (TPSA) is 99.0 Å². The summed E-state index contributed by atoms with van der Waals surface area (Å²) in [7, 11) is 2.14. The summed E-state index contributed by atoms with van der Waals surface area (Å²) in [6, 6.07) is 22.1. The molecule has 194 valence electrons. The third kappa shape index (κ3) is 4.64. The maximum atomic E-state index is 13.6. The van der Waals surface area contributed by atoms with E-state index in [1.165, 1.54) is 25.1 Å². The molecule has 1 N–H and O–H groups in total. The molecule has 0 saturated carbocycles. The fraction of sp³-hybridized carbons (Fsp3) is 0.241. The summed E-state index contributed by atoms with van der Waals surface area (Å²) in [4.78, 5) is 42.7. The quantitative estimate of drug-likeness (QED) is 0.303. The molecular weight excluding hydrogens is 482 g/mol. The number of non-ortho nitro benzene ring substituents is 1. The molecule has 9 heteroatoms. The van der Waals surface area contributed by atoms with Crippen molar-refractivity contribution in [3.05, 3.63) is 94.0 Å². The lowest BCUT2D eigenvalue weighted by Gasteiger charge is -2.39. The molecule has 3 aromatic rings. The van der Waals surface area contributed by atoms with Crippen LogP contribution in [0.3, 0.4) is 0 Å². The molecule has 38 heavy (non-hydrogen) atoms. The standard InChI is InChI=1S/C29H29N5O4/c1-19-18-32(16-15-31(19)3)23-11-9-22(10-12-23)30-28(21-7-5-4-6-8-21)27-25-14-13-24(34(37)38)17-26(25)33(20(2)35)29(27)36/h4-14,17,19,30H,15-16,18H2,1-3H3/b28-27-/t19-/m0/s1. The average molecular weight is 512 g/mol. The van der Waals surface area contributed by atoms with E-state index in [4.69, 9.17) is 0 Å². The number of amides is 2. The lowest BCUT2D eigenvalue weighted by Crippen LogP contribution is -2.50. The van der Waals surface area contributed by atoms with Gasteiger partial charge in [0.05, 0.1) is 21.9 Å². The molecular formula is C29H29N5O4. The lowest BCUT2D eigenvalue weighted by molar-refractivity contribution is -0.384. The molecule has 0 aliphatic carbocycles. The Bertz CT molecular complexity index is 1440. The van der Waals surface area contributed by atoms with Gasteiger partial charge in [0.25, 0.3) is 11.6 Å². The van der Waals surface area contributed by atoms with Crippen LogP contribution in [0, 0.1) is 10.1 Å². The van der Waals surface area contributed by atoms with Crippen LogP contribution in [0.2, 0.25) is 0 Å². The minimum atomic E-state index is -0.538. The second-order valence-corrected chi connectivity index (χ2v) is 9.68. The van der Waals surface area contributed by atoms with Crippen LogP contribution in [0.1, 0.15) is 25.0 Å². The molecule has 9 nitrogen and oxygen atoms in total. The van der Waals surface area contributed by atoms with E-state index in [2.05, 4.69) is 41.2 Å². The number of imide groups is 1. The molecule has 2 aliphatic rings. The molecule has 1 fully saturated rings. The average Bonchev–Trinajstić information content (AvgIpc) is 3.20. The first-order chi connectivity index (χ1) is 18.2. The number of nitrogens with zero attached hydrogens (tertiary/aromatic N) is 4. The number of nitrogens with one attached hydrogen (secondary N) is 1. The highest BCUT2D eigenvalue weighted by molar-refractivity contribution is 6.43. The van der Waals surface area contributed by atoms with Gasteiger partial charge in [-0.05, 0) is 49.9 Å². The monoisotopic (exact) mass is 511 g/mol. The van der Waals surface area contributed by atoms with Gasteiger partial charge in [0.1, 0.15) is 0 Å². The van der Waals surface area contributed by atoms with Gasteiger partial charge in [-0.25, -0.2) is 4.90 Å². The van der Waals surface area contributed by atoms with Crippen molar-refractivity contribution < 1.29 is 14.5 Å². The maximum Gasteiger partial charge on any atom is 0.271 e. The van der Waals surface area contributed by atoms with Gasteiger partial charge < -0.3 is 15.1 Å². The Morgan fingerprint density at radius 2 is 1.74 bits per heavy atom. The van der Waals surface area contributed by atoms with Crippen molar-refractivity contribution in [1.29, 1.82) is 0 Å². The van der Waals surface area contributed by atoms with E-state index >= 15 is 0 Å². The number of hydrogen-bond donors (Lipinski definition) is 1. The van der Waals surface area contributed by atoms with Gasteiger partial charge in [-0.1, -0.05) is 30.3 Å². The van der Waals surface area contributed by atoms with E-state index in [1.807, 2.05) is 42.5 Å². The number of anilines is 3. The number of carbonyl (C=O) groups is 2. The van der Waals surface area contributed by atoms with Crippen molar-refractivity contribution in [2.75, 3.05) is 41.8 Å². The predicted octanol–water partition coefficient (Wildman–Crippen LogP) is 4.61. The molecule has 0 unspecified atom stereocenters. The number of rotatable bonds is 5. The molecule has 3 aromatic carbocycles. The smallest absolute Gasteiger partial charge is 0.271 e. The molecule has 1 atom stereocenters. The van der Waals surface area contributed by atoms with Crippen LogP contribution < -0.4 is 15.1 Å². The summed E-state index contributed by atoms with van der Waals surface area (Å²) in [5.41, 5.74) is 3.95. The second-order valence-electron chi connectivity index (χ2n) is 9.68. The van der Waals surface area contributed by atoms with Crippen LogP contribution in [-0.4, -0.2) is 54.4 Å². The second kappa shape index (κ2) is 10.1. The van der Waals surface area contributed by atoms with Crippen LogP contribution >= 0.6 is 0 Å². The molecule has 2 heterocycles. The van der Waals surface area contributed by atoms with Crippen LogP contribution in [0.5, 0.6) is 0 Å². The largest absolute Gasteiger partial charge is 0.369 e. The zero-order chi connectivity index (χ0) is 27.0. The summed E-state index contributed by atoms with van der Waals surface area (Å²) in [5, 5.41) is 14.8. The van der Waals surface area contributed by atoms with Crippen molar-refractivity contribution in [2.24, 2.45) is 0 Å². The summed E-state index contributed by atoms with van der Waals surface area (Å²) in [5.74, 6) is -1.03. The number of piperazine rings is 1. The minimum absolute atomic E-state index is 0.188. The maximum absolute atomic E-state index is 13.6. The zero-order valence-corrected chi connectivity index (χ0v) is 21.5. The number of nitro benzene ring substituents is 1. The number of benzene rings is 3. The van der Waals surface area contributed by atoms with E-state index in [9.17, 15) is 19.7 Å². The molecule has 0 radical (unpaired) electrons. The minimum Gasteiger partial charge on any atom is -0.369 e. The Hall–Kier alpha value is -4.50. The SMILES string of the molecule is CC(=O)N1C(=O)/C(=C(\Nc2ccc(N3CCN(C)[C@@H](C)C3)cc2)c2ccccc2)c2ccc([N+](=O)[O-])cc21. The van der Waals surface area contributed by atoms with E-state index in [0.29, 0.717) is 17.3 Å². The van der Waals surface area contributed by atoms with E-state index < -0.39 is 16.7 Å². The summed E-state index contributed by atoms with van der Waals surface area (Å²) < 4.78 is 0. The molecule has 0 bridgehead atoms. The fourth-order valence-electron chi connectivity index (χ4n) is 4.99. The molecule has 2 amide bonds. The Labute approximate surface area is 221 Å². The highest BCUT2D eigenvalue weighted by Crippen LogP contribution is 2.43. The fourth-order valence-corrected chi connectivity index (χ4v) is 4.99. The van der Waals surface area contributed by atoms with Gasteiger partial charge in [0, 0.05) is 61.7 Å². The van der Waals surface area contributed by atoms with E-state index in [0.717, 1.165) is 41.5 Å². The Morgan fingerprint density at radius 3 is 2.37 bits per heavy atom. The van der Waals surface area contributed by atoms with Gasteiger partial charge in [-0.3, -0.25) is 19.7 Å². The van der Waals surface area contributed by atoms with Crippen molar-refractivity contribution in [3.8, 4) is 0 Å². The van der Waals surface area contributed by atoms with Gasteiger partial charge in [-0.15, -0.1) is 0 Å². The first kappa shape index (κ1) is 25.2. The van der Waals surface area contributed by atoms with Crippen LogP contribution in [0.4, 0.5) is 22.7 Å². The summed E-state index contributed by atoms with van der Waals surface area (Å²) in [6.45, 7) is 6.39. The zero-order valence-electron chi connectivity index (χ0n) is 21.5. The Balaban J connectivity index is 1.57. The first-order valence-electron chi connectivity index (χ1n) is 12.5. The normalized spacial score (nSPS) is 18.8. The van der Waals surface area contributed by atoms with Crippen molar-refractivity contribution in [3.63, 3.8) is 0 Å². The predicted molar refractivity (Wildman–Crippen MR) is 149 cm³/mol. The van der Waals surface area contributed by atoms with Gasteiger partial charge in [0.15, 0.2) is 0 Å². The van der Waals surface area contributed by atoms with Gasteiger partial charge in [-0.2, -0.15) is 0 Å². The highest BCUT2D eigenvalue weighted by atomic mass is 16.6. The number of hydrogen-bond acceptors (Lipinski definition) is 7. The van der Waals surface area contributed by atoms with Crippen molar-refractivity contribution in [2.45, 2.75) is 19.9 Å². The number of likely N-dealkylation sites (N-methyl/N-ethyl adjacent to an activating group) is 1. The molecule has 0 aromatic heterocycles. The molecule has 0 spiro atoms. The third-order valence-electron chi connectivity index (χ3n) is 7.21. The number of fused-ring (bicyclic) bond motifs is 1.